The molecule has 0 saturated heterocycles. The van der Waals surface area contributed by atoms with Crippen LogP contribution >= 0.6 is 22.7 Å². The summed E-state index contributed by atoms with van der Waals surface area (Å²) < 4.78 is 7.97. The van der Waals surface area contributed by atoms with E-state index in [1.807, 2.05) is 22.7 Å². The average molecular weight is 1030 g/mol. The number of aromatic nitrogens is 1. The summed E-state index contributed by atoms with van der Waals surface area (Å²) in [6.45, 7) is 25.7. The molecule has 0 radical (unpaired) electrons. The number of fused-ring (bicyclic) bond motifs is 16. The first-order valence-corrected chi connectivity index (χ1v) is 29.2. The first kappa shape index (κ1) is 46.9. The monoisotopic (exact) mass is 1030 g/mol. The Morgan fingerprint density at radius 1 is 0.416 bits per heavy atom. The Bertz CT molecular complexity index is 4490. The number of para-hydroxylation sites is 1. The highest BCUT2D eigenvalue weighted by Gasteiger charge is 2.47. The molecule has 0 spiro atoms. The average Bonchev–Trinajstić information content (AvgIpc) is 4.20. The zero-order valence-electron chi connectivity index (χ0n) is 46.0. The van der Waals surface area contributed by atoms with E-state index in [4.69, 9.17) is 0 Å². The molecule has 0 bridgehead atoms. The summed E-state index contributed by atoms with van der Waals surface area (Å²) >= 11 is 3.95. The fourth-order valence-electron chi connectivity index (χ4n) is 13.6. The van der Waals surface area contributed by atoms with Crippen molar-refractivity contribution in [2.75, 3.05) is 9.80 Å². The van der Waals surface area contributed by atoms with E-state index < -0.39 is 0 Å². The lowest BCUT2D eigenvalue weighted by Gasteiger charge is -2.43. The lowest BCUT2D eigenvalue weighted by Crippen LogP contribution is -2.60. The Kier molecular flexibility index (Phi) is 9.66. The van der Waals surface area contributed by atoms with Crippen LogP contribution in [0.3, 0.4) is 0 Å². The van der Waals surface area contributed by atoms with Crippen LogP contribution in [-0.2, 0) is 21.7 Å². The normalized spacial score (nSPS) is 14.7. The number of anilines is 6. The van der Waals surface area contributed by atoms with E-state index >= 15 is 0 Å². The predicted molar refractivity (Wildman–Crippen MR) is 337 cm³/mol. The molecule has 2 aliphatic heterocycles. The molecule has 15 rings (SSSR count). The SMILES string of the molecule is CC(C)(C)c1ccc(N2c3cccc4c3B(c3sc5ccc(C(C)(C)C)cc5c3N4c3ccc(C(C)(C)C)cc3)c3c2cc(-n2c4ccccc4c4cc5c(cc42)-c2ccccc2C5(C)C)c2sc4ccccc4c32)cc1. The van der Waals surface area contributed by atoms with E-state index in [9.17, 15) is 0 Å². The molecule has 0 atom stereocenters. The smallest absolute Gasteiger partial charge is 0.265 e. The second-order valence-electron chi connectivity index (χ2n) is 25.8. The zero-order valence-corrected chi connectivity index (χ0v) is 47.6. The topological polar surface area (TPSA) is 11.4 Å². The van der Waals surface area contributed by atoms with Gasteiger partial charge in [0.15, 0.2) is 0 Å². The Hall–Kier alpha value is -7.38. The summed E-state index contributed by atoms with van der Waals surface area (Å²) in [4.78, 5) is 5.26. The first-order valence-electron chi connectivity index (χ1n) is 27.5. The number of hydrogen-bond donors (Lipinski definition) is 0. The van der Waals surface area contributed by atoms with Crippen LogP contribution in [0.25, 0.3) is 68.9 Å². The summed E-state index contributed by atoms with van der Waals surface area (Å²) in [7, 11) is 0. The molecule has 0 unspecified atom stereocenters. The molecule has 3 aliphatic rings. The number of thiophene rings is 2. The zero-order chi connectivity index (χ0) is 52.8. The summed E-state index contributed by atoms with van der Waals surface area (Å²) in [5.74, 6) is 0. The summed E-state index contributed by atoms with van der Waals surface area (Å²) in [6.07, 6.45) is 0. The van der Waals surface area contributed by atoms with Crippen LogP contribution in [0.15, 0.2) is 176 Å². The van der Waals surface area contributed by atoms with E-state index in [2.05, 4.69) is 266 Å². The molecule has 3 nitrogen and oxygen atoms in total. The third-order valence-corrected chi connectivity index (χ3v) is 20.1. The number of nitrogens with zero attached hydrogens (tertiary/aromatic N) is 3. The van der Waals surface area contributed by atoms with E-state index in [-0.39, 0.29) is 28.4 Å². The van der Waals surface area contributed by atoms with Gasteiger partial charge in [0.05, 0.1) is 27.1 Å². The van der Waals surface area contributed by atoms with E-state index in [1.54, 1.807) is 0 Å². The minimum Gasteiger partial charge on any atom is -0.311 e. The Morgan fingerprint density at radius 3 is 1.71 bits per heavy atom. The van der Waals surface area contributed by atoms with Crippen molar-refractivity contribution < 1.29 is 0 Å². The fraction of sp³-hybridized carbons (Fsp3) is 0.211. The minimum absolute atomic E-state index is 0.00415. The van der Waals surface area contributed by atoms with Crippen molar-refractivity contribution in [1.82, 2.24) is 4.57 Å². The lowest BCUT2D eigenvalue weighted by atomic mass is 9.35. The fourth-order valence-corrected chi connectivity index (χ4v) is 16.1. The molecule has 0 saturated carbocycles. The van der Waals surface area contributed by atoms with Gasteiger partial charge >= 0.3 is 0 Å². The molecular formula is C71H62BN3S2. The Balaban J connectivity index is 1.09. The van der Waals surface area contributed by atoms with Crippen molar-refractivity contribution in [2.45, 2.75) is 97.8 Å². The maximum Gasteiger partial charge on any atom is 0.265 e. The van der Waals surface area contributed by atoms with Gasteiger partial charge < -0.3 is 14.4 Å². The van der Waals surface area contributed by atoms with E-state index in [1.165, 1.54) is 141 Å². The van der Waals surface area contributed by atoms with Gasteiger partial charge in [-0.25, -0.2) is 0 Å². The van der Waals surface area contributed by atoms with Gasteiger partial charge in [0.2, 0.25) is 0 Å². The molecule has 77 heavy (non-hydrogen) atoms. The number of benzene rings is 9. The highest BCUT2D eigenvalue weighted by Crippen LogP contribution is 2.54. The van der Waals surface area contributed by atoms with Gasteiger partial charge in [-0.05, 0) is 156 Å². The van der Waals surface area contributed by atoms with Crippen molar-refractivity contribution in [3.8, 4) is 16.8 Å². The van der Waals surface area contributed by atoms with Crippen LogP contribution in [0.1, 0.15) is 104 Å². The molecule has 9 aromatic carbocycles. The van der Waals surface area contributed by atoms with Gasteiger partial charge in [-0.1, -0.05) is 173 Å². The van der Waals surface area contributed by atoms with Gasteiger partial charge in [0.1, 0.15) is 0 Å². The van der Waals surface area contributed by atoms with Crippen LogP contribution in [-0.4, -0.2) is 11.3 Å². The van der Waals surface area contributed by atoms with Crippen LogP contribution in [0.4, 0.5) is 34.1 Å². The molecule has 3 aromatic heterocycles. The van der Waals surface area contributed by atoms with Crippen LogP contribution < -0.4 is 25.5 Å². The highest BCUT2D eigenvalue weighted by atomic mass is 32.1. The molecule has 0 N–H and O–H groups in total. The predicted octanol–water partition coefficient (Wildman–Crippen LogP) is 18.6. The second kappa shape index (κ2) is 15.9. The van der Waals surface area contributed by atoms with Gasteiger partial charge in [0.25, 0.3) is 6.71 Å². The minimum atomic E-state index is -0.117. The molecule has 5 heterocycles. The van der Waals surface area contributed by atoms with Crippen molar-refractivity contribution >= 4 is 131 Å². The molecule has 0 amide bonds. The molecule has 376 valence electrons. The maximum absolute atomic E-state index is 2.63. The molecule has 0 fully saturated rings. The van der Waals surface area contributed by atoms with Gasteiger partial charge in [0, 0.05) is 64.2 Å². The first-order chi connectivity index (χ1) is 36.9. The van der Waals surface area contributed by atoms with Crippen LogP contribution in [0.2, 0.25) is 0 Å². The lowest BCUT2D eigenvalue weighted by molar-refractivity contribution is 0.590. The number of rotatable bonds is 3. The maximum atomic E-state index is 2.63. The summed E-state index contributed by atoms with van der Waals surface area (Å²) in [5.41, 5.74) is 23.1. The quantitative estimate of drug-likeness (QED) is 0.163. The van der Waals surface area contributed by atoms with Gasteiger partial charge in [-0.15, -0.1) is 22.7 Å². The molecular weight excluding hydrogens is 970 g/mol. The van der Waals surface area contributed by atoms with Crippen molar-refractivity contribution in [3.05, 3.63) is 204 Å². The van der Waals surface area contributed by atoms with Crippen molar-refractivity contribution in [1.29, 1.82) is 0 Å². The Morgan fingerprint density at radius 2 is 1.01 bits per heavy atom. The van der Waals surface area contributed by atoms with Crippen LogP contribution in [0.5, 0.6) is 0 Å². The molecule has 12 aromatic rings. The van der Waals surface area contributed by atoms with E-state index in [0.717, 1.165) is 5.69 Å². The third kappa shape index (κ3) is 6.61. The number of hydrogen-bond acceptors (Lipinski definition) is 4. The van der Waals surface area contributed by atoms with Crippen LogP contribution in [0, 0.1) is 0 Å². The molecule has 6 heteroatoms. The second-order valence-corrected chi connectivity index (χ2v) is 27.9. The van der Waals surface area contributed by atoms with Gasteiger partial charge in [-0.3, -0.25) is 0 Å². The van der Waals surface area contributed by atoms with Crippen molar-refractivity contribution in [3.63, 3.8) is 0 Å². The summed E-state index contributed by atoms with van der Waals surface area (Å²) in [6, 6.07) is 68.5. The third-order valence-electron chi connectivity index (χ3n) is 17.6. The van der Waals surface area contributed by atoms with E-state index in [0.29, 0.717) is 0 Å². The highest BCUT2D eigenvalue weighted by molar-refractivity contribution is 7.34. The molecule has 1 aliphatic carbocycles. The van der Waals surface area contributed by atoms with Crippen molar-refractivity contribution in [2.24, 2.45) is 0 Å². The van der Waals surface area contributed by atoms with Gasteiger partial charge in [-0.2, -0.15) is 0 Å². The largest absolute Gasteiger partial charge is 0.311 e. The standard InChI is InChI=1S/C71H62BN3S2/c1-68(2,3)41-27-32-44(33-28-41)73-55-24-18-25-56-63(55)72(67-65(51-37-43(70(7,8)9)31-36-61(51)77-67)74(56)45-34-29-42(30-35-45)69(4,5)6)64-58(73)40-59(66-62(64)48-21-14-17-26-60(48)76-66)75-54-23-16-13-20-47(54)50-38-53-49(39-57(50)75)46-19-12-15-22-52(46)71(53,10)11/h12-40H,1-11H3. The summed E-state index contributed by atoms with van der Waals surface area (Å²) in [5, 5.41) is 6.55. The Labute approximate surface area is 461 Å².